The van der Waals surface area contributed by atoms with Gasteiger partial charge in [0.25, 0.3) is 5.91 Å². The van der Waals surface area contributed by atoms with Crippen molar-refractivity contribution in [2.75, 3.05) is 26.2 Å². The molecule has 0 bridgehead atoms. The molecule has 0 spiro atoms. The average Bonchev–Trinajstić information content (AvgIpc) is 3.34. The van der Waals surface area contributed by atoms with E-state index in [1.807, 2.05) is 42.3 Å². The minimum Gasteiger partial charge on any atom is -0.361 e. The van der Waals surface area contributed by atoms with Gasteiger partial charge in [0.05, 0.1) is 0 Å². The zero-order chi connectivity index (χ0) is 20.9. The maximum atomic E-state index is 14.9. The molecule has 2 aromatic carbocycles. The van der Waals surface area contributed by atoms with Gasteiger partial charge >= 0.3 is 0 Å². The Hall–Kier alpha value is -3.15. The first-order valence-electron chi connectivity index (χ1n) is 10.4. The first-order valence-corrected chi connectivity index (χ1v) is 10.4. The van der Waals surface area contributed by atoms with Crippen LogP contribution in [0.15, 0.2) is 48.7 Å². The van der Waals surface area contributed by atoms with E-state index in [9.17, 15) is 14.0 Å². The fraction of sp³-hybridized carbons (Fsp3) is 0.333. The third-order valence-electron chi connectivity index (χ3n) is 6.45. The Labute approximate surface area is 174 Å². The molecule has 154 valence electrons. The van der Waals surface area contributed by atoms with Crippen molar-refractivity contribution >= 4 is 22.7 Å². The van der Waals surface area contributed by atoms with Crippen molar-refractivity contribution < 1.29 is 14.0 Å². The van der Waals surface area contributed by atoms with E-state index in [0.717, 1.165) is 29.3 Å². The Kier molecular flexibility index (Phi) is 4.38. The van der Waals surface area contributed by atoms with Crippen LogP contribution < -0.4 is 0 Å². The summed E-state index contributed by atoms with van der Waals surface area (Å²) < 4.78 is 14.9. The van der Waals surface area contributed by atoms with E-state index < -0.39 is 5.82 Å². The number of rotatable bonds is 3. The minimum absolute atomic E-state index is 0.186. The highest BCUT2D eigenvalue weighted by atomic mass is 19.1. The summed E-state index contributed by atoms with van der Waals surface area (Å²) in [5.41, 5.74) is 2.33. The first kappa shape index (κ1) is 18.9. The molecule has 2 heterocycles. The number of fused-ring (bicyclic) bond motifs is 1. The van der Waals surface area contributed by atoms with Crippen molar-refractivity contribution in [3.8, 4) is 11.1 Å². The summed E-state index contributed by atoms with van der Waals surface area (Å²) in [5, 5.41) is 1.07. The highest BCUT2D eigenvalue weighted by Crippen LogP contribution is 2.46. The molecule has 1 saturated carbocycles. The minimum atomic E-state index is -0.415. The van der Waals surface area contributed by atoms with E-state index >= 15 is 0 Å². The Morgan fingerprint density at radius 3 is 2.40 bits per heavy atom. The van der Waals surface area contributed by atoms with E-state index in [1.165, 1.54) is 6.07 Å². The number of hydrogen-bond donors (Lipinski definition) is 1. The van der Waals surface area contributed by atoms with Crippen molar-refractivity contribution in [2.24, 2.45) is 5.41 Å². The quantitative estimate of drug-likeness (QED) is 0.715. The van der Waals surface area contributed by atoms with Crippen LogP contribution in [0, 0.1) is 11.2 Å². The lowest BCUT2D eigenvalue weighted by Crippen LogP contribution is -2.52. The largest absolute Gasteiger partial charge is 0.361 e. The van der Waals surface area contributed by atoms with Crippen LogP contribution in [0.2, 0.25) is 0 Å². The molecular formula is C24H24FN3O2. The predicted molar refractivity (Wildman–Crippen MR) is 114 cm³/mol. The van der Waals surface area contributed by atoms with Crippen LogP contribution in [0.4, 0.5) is 4.39 Å². The SMILES string of the molecule is CC1(C(=O)N2CCN(C(=O)c3ccc(-c4ccc5cc[nH]c5c4)c(F)c3)CC2)CC1. The number of aromatic amines is 1. The van der Waals surface area contributed by atoms with Gasteiger partial charge in [-0.2, -0.15) is 0 Å². The van der Waals surface area contributed by atoms with Crippen LogP contribution in [-0.2, 0) is 4.79 Å². The summed E-state index contributed by atoms with van der Waals surface area (Å²) >= 11 is 0. The van der Waals surface area contributed by atoms with Gasteiger partial charge in [-0.25, -0.2) is 4.39 Å². The molecule has 6 heteroatoms. The number of carbonyl (C=O) groups is 2. The molecule has 0 unspecified atom stereocenters. The van der Waals surface area contributed by atoms with Crippen LogP contribution in [0.1, 0.15) is 30.1 Å². The fourth-order valence-corrected chi connectivity index (χ4v) is 4.18. The van der Waals surface area contributed by atoms with E-state index in [4.69, 9.17) is 0 Å². The fourth-order valence-electron chi connectivity index (χ4n) is 4.18. The third kappa shape index (κ3) is 3.26. The van der Waals surface area contributed by atoms with Gasteiger partial charge in [0, 0.05) is 54.4 Å². The second-order valence-electron chi connectivity index (χ2n) is 8.62. The molecule has 1 N–H and O–H groups in total. The lowest BCUT2D eigenvalue weighted by atomic mass is 10.0. The van der Waals surface area contributed by atoms with Crippen molar-refractivity contribution in [3.63, 3.8) is 0 Å². The number of benzene rings is 2. The summed E-state index contributed by atoms with van der Waals surface area (Å²) in [6, 6.07) is 12.4. The molecule has 30 heavy (non-hydrogen) atoms. The number of piperazine rings is 1. The number of nitrogens with zero attached hydrogens (tertiary/aromatic N) is 2. The Bertz CT molecular complexity index is 1140. The number of hydrogen-bond acceptors (Lipinski definition) is 2. The van der Waals surface area contributed by atoms with Crippen LogP contribution in [0.3, 0.4) is 0 Å². The highest BCUT2D eigenvalue weighted by molar-refractivity contribution is 5.95. The number of amides is 2. The van der Waals surface area contributed by atoms with Crippen LogP contribution in [0.25, 0.3) is 22.0 Å². The van der Waals surface area contributed by atoms with Crippen LogP contribution in [0.5, 0.6) is 0 Å². The lowest BCUT2D eigenvalue weighted by Gasteiger charge is -2.36. The molecule has 0 radical (unpaired) electrons. The standard InChI is InChI=1S/C24H24FN3O2/c1-24(7-8-24)23(30)28-12-10-27(11-13-28)22(29)18-4-5-19(20(25)14-18)17-3-2-16-6-9-26-21(16)15-17/h2-6,9,14-15,26H,7-8,10-13H2,1H3. The van der Waals surface area contributed by atoms with Crippen molar-refractivity contribution in [1.29, 1.82) is 0 Å². The molecule has 0 atom stereocenters. The van der Waals surface area contributed by atoms with Gasteiger partial charge in [0.2, 0.25) is 5.91 Å². The highest BCUT2D eigenvalue weighted by Gasteiger charge is 2.47. The van der Waals surface area contributed by atoms with Gasteiger partial charge in [-0.15, -0.1) is 0 Å². The second-order valence-corrected chi connectivity index (χ2v) is 8.62. The summed E-state index contributed by atoms with van der Waals surface area (Å²) in [5.74, 6) is -0.406. The first-order chi connectivity index (χ1) is 14.4. The number of aromatic nitrogens is 1. The van der Waals surface area contributed by atoms with E-state index in [-0.39, 0.29) is 17.2 Å². The van der Waals surface area contributed by atoms with Crippen molar-refractivity contribution in [1.82, 2.24) is 14.8 Å². The summed E-state index contributed by atoms with van der Waals surface area (Å²) in [7, 11) is 0. The third-order valence-corrected chi connectivity index (χ3v) is 6.45. The number of carbonyl (C=O) groups excluding carboxylic acids is 2. The molecule has 5 rings (SSSR count). The van der Waals surface area contributed by atoms with E-state index in [0.29, 0.717) is 37.3 Å². The molecule has 3 aromatic rings. The normalized spacial score (nSPS) is 17.9. The number of H-pyrrole nitrogens is 1. The zero-order valence-electron chi connectivity index (χ0n) is 17.0. The molecule has 2 fully saturated rings. The van der Waals surface area contributed by atoms with Crippen LogP contribution in [-0.4, -0.2) is 52.8 Å². The topological polar surface area (TPSA) is 56.4 Å². The van der Waals surface area contributed by atoms with Gasteiger partial charge in [0.1, 0.15) is 5.82 Å². The molecule has 1 aliphatic carbocycles. The monoisotopic (exact) mass is 405 g/mol. The number of nitrogens with one attached hydrogen (secondary N) is 1. The van der Waals surface area contributed by atoms with Gasteiger partial charge in [-0.1, -0.05) is 25.1 Å². The van der Waals surface area contributed by atoms with E-state index in [1.54, 1.807) is 17.0 Å². The van der Waals surface area contributed by atoms with Crippen molar-refractivity contribution in [2.45, 2.75) is 19.8 Å². The van der Waals surface area contributed by atoms with Gasteiger partial charge < -0.3 is 14.8 Å². The number of halogens is 1. The molecule has 2 aliphatic rings. The smallest absolute Gasteiger partial charge is 0.254 e. The van der Waals surface area contributed by atoms with Gasteiger partial charge in [-0.3, -0.25) is 9.59 Å². The maximum Gasteiger partial charge on any atom is 0.254 e. The summed E-state index contributed by atoms with van der Waals surface area (Å²) in [6.07, 6.45) is 3.76. The molecule has 2 amide bonds. The lowest BCUT2D eigenvalue weighted by molar-refractivity contribution is -0.137. The van der Waals surface area contributed by atoms with Crippen molar-refractivity contribution in [3.05, 3.63) is 60.0 Å². The summed E-state index contributed by atoms with van der Waals surface area (Å²) in [4.78, 5) is 32.1. The molecule has 1 saturated heterocycles. The predicted octanol–water partition coefficient (Wildman–Crippen LogP) is 4.06. The molecular weight excluding hydrogens is 381 g/mol. The second kappa shape index (κ2) is 6.97. The molecule has 5 nitrogen and oxygen atoms in total. The Balaban J connectivity index is 1.29. The molecule has 1 aliphatic heterocycles. The Morgan fingerprint density at radius 1 is 0.967 bits per heavy atom. The zero-order valence-corrected chi connectivity index (χ0v) is 17.0. The van der Waals surface area contributed by atoms with Gasteiger partial charge in [-0.05, 0) is 48.1 Å². The van der Waals surface area contributed by atoms with Crippen LogP contribution >= 0.6 is 0 Å². The molecule has 1 aromatic heterocycles. The Morgan fingerprint density at radius 2 is 1.70 bits per heavy atom. The van der Waals surface area contributed by atoms with Gasteiger partial charge in [0.15, 0.2) is 0 Å². The van der Waals surface area contributed by atoms with E-state index in [2.05, 4.69) is 4.98 Å². The maximum absolute atomic E-state index is 14.9. The average molecular weight is 405 g/mol. The summed E-state index contributed by atoms with van der Waals surface area (Å²) in [6.45, 7) is 4.04.